The number of nitrogens with one attached hydrogen (secondary N) is 1. The van der Waals surface area contributed by atoms with E-state index in [-0.39, 0.29) is 11.9 Å². The average Bonchev–Trinajstić information content (AvgIpc) is 2.39. The maximum Gasteiger partial charge on any atom is 0.221 e. The highest BCUT2D eigenvalue weighted by Crippen LogP contribution is 2.11. The van der Waals surface area contributed by atoms with E-state index < -0.39 is 0 Å². The summed E-state index contributed by atoms with van der Waals surface area (Å²) in [5.41, 5.74) is 7.03. The van der Waals surface area contributed by atoms with E-state index in [0.717, 1.165) is 12.2 Å². The first-order valence-electron chi connectivity index (χ1n) is 6.68. The molecule has 1 rings (SSSR count). The fourth-order valence-electron chi connectivity index (χ4n) is 1.66. The fourth-order valence-corrected chi connectivity index (χ4v) is 1.66. The highest BCUT2D eigenvalue weighted by molar-refractivity contribution is 5.76. The largest absolute Gasteiger partial charge is 0.497 e. The number of hydrogen-bond acceptors (Lipinski definition) is 3. The van der Waals surface area contributed by atoms with Crippen LogP contribution in [0, 0.1) is 5.92 Å². The van der Waals surface area contributed by atoms with Gasteiger partial charge in [-0.05, 0) is 30.0 Å². The Hall–Kier alpha value is -1.55. The van der Waals surface area contributed by atoms with Crippen molar-refractivity contribution >= 4 is 5.91 Å². The van der Waals surface area contributed by atoms with Crippen molar-refractivity contribution in [3.63, 3.8) is 0 Å². The number of carbonyl (C=O) groups is 1. The smallest absolute Gasteiger partial charge is 0.221 e. The Balaban J connectivity index is 2.27. The number of benzene rings is 1. The number of amides is 1. The number of ether oxygens (including phenoxy) is 1. The summed E-state index contributed by atoms with van der Waals surface area (Å²) in [5.74, 6) is 1.19. The molecule has 1 aromatic carbocycles. The molecule has 1 aromatic rings. The standard InChI is InChI=1S/C15H24N2O2/c1-11(2)14(16)10-15(18)17-9-8-12-4-6-13(19-3)7-5-12/h4-7,11,14H,8-10,16H2,1-3H3,(H,17,18). The second kappa shape index (κ2) is 7.79. The summed E-state index contributed by atoms with van der Waals surface area (Å²) in [7, 11) is 1.65. The molecule has 4 heteroatoms. The van der Waals surface area contributed by atoms with Crippen LogP contribution in [0.5, 0.6) is 5.75 Å². The van der Waals surface area contributed by atoms with Crippen molar-refractivity contribution in [2.45, 2.75) is 32.7 Å². The van der Waals surface area contributed by atoms with Gasteiger partial charge in [0.05, 0.1) is 7.11 Å². The lowest BCUT2D eigenvalue weighted by atomic mass is 10.0. The van der Waals surface area contributed by atoms with E-state index in [0.29, 0.717) is 18.9 Å². The molecule has 1 amide bonds. The topological polar surface area (TPSA) is 64.3 Å². The van der Waals surface area contributed by atoms with E-state index in [4.69, 9.17) is 10.5 Å². The van der Waals surface area contributed by atoms with Crippen molar-refractivity contribution in [1.29, 1.82) is 0 Å². The molecule has 0 saturated carbocycles. The molecule has 0 aliphatic carbocycles. The summed E-state index contributed by atoms with van der Waals surface area (Å²) >= 11 is 0. The Morgan fingerprint density at radius 2 is 1.95 bits per heavy atom. The monoisotopic (exact) mass is 264 g/mol. The van der Waals surface area contributed by atoms with Gasteiger partial charge in [0.2, 0.25) is 5.91 Å². The van der Waals surface area contributed by atoms with Gasteiger partial charge in [-0.3, -0.25) is 4.79 Å². The lowest BCUT2D eigenvalue weighted by molar-refractivity contribution is -0.121. The highest BCUT2D eigenvalue weighted by Gasteiger charge is 2.12. The van der Waals surface area contributed by atoms with E-state index in [1.54, 1.807) is 7.11 Å². The number of nitrogens with two attached hydrogens (primary N) is 1. The molecule has 0 spiro atoms. The van der Waals surface area contributed by atoms with Gasteiger partial charge in [0.25, 0.3) is 0 Å². The summed E-state index contributed by atoms with van der Waals surface area (Å²) in [6.07, 6.45) is 1.20. The van der Waals surface area contributed by atoms with E-state index in [9.17, 15) is 4.79 Å². The molecule has 1 atom stereocenters. The Labute approximate surface area is 115 Å². The van der Waals surface area contributed by atoms with Crippen LogP contribution in [0.4, 0.5) is 0 Å². The van der Waals surface area contributed by atoms with Gasteiger partial charge in [-0.25, -0.2) is 0 Å². The van der Waals surface area contributed by atoms with Crippen LogP contribution in [0.2, 0.25) is 0 Å². The molecule has 106 valence electrons. The second-order valence-electron chi connectivity index (χ2n) is 5.06. The van der Waals surface area contributed by atoms with E-state index >= 15 is 0 Å². The summed E-state index contributed by atoms with van der Waals surface area (Å²) in [6.45, 7) is 4.68. The zero-order valence-electron chi connectivity index (χ0n) is 12.0. The van der Waals surface area contributed by atoms with Crippen LogP contribution in [0.1, 0.15) is 25.8 Å². The van der Waals surface area contributed by atoms with Crippen molar-refractivity contribution in [1.82, 2.24) is 5.32 Å². The summed E-state index contributed by atoms with van der Waals surface area (Å²) in [5, 5.41) is 2.90. The van der Waals surface area contributed by atoms with Crippen LogP contribution in [-0.4, -0.2) is 25.6 Å². The quantitative estimate of drug-likeness (QED) is 0.788. The molecular formula is C15H24N2O2. The molecule has 0 fully saturated rings. The fraction of sp³-hybridized carbons (Fsp3) is 0.533. The van der Waals surface area contributed by atoms with Gasteiger partial charge in [0.1, 0.15) is 5.75 Å². The molecule has 0 aliphatic heterocycles. The van der Waals surface area contributed by atoms with Gasteiger partial charge in [-0.1, -0.05) is 26.0 Å². The lowest BCUT2D eigenvalue weighted by Gasteiger charge is -2.15. The first kappa shape index (κ1) is 15.5. The van der Waals surface area contributed by atoms with Crippen LogP contribution < -0.4 is 15.8 Å². The minimum atomic E-state index is -0.0685. The zero-order valence-corrected chi connectivity index (χ0v) is 12.0. The Bertz CT molecular complexity index is 388. The van der Waals surface area contributed by atoms with Crippen LogP contribution >= 0.6 is 0 Å². The predicted molar refractivity (Wildman–Crippen MR) is 77.1 cm³/mol. The molecule has 19 heavy (non-hydrogen) atoms. The SMILES string of the molecule is COc1ccc(CCNC(=O)CC(N)C(C)C)cc1. The van der Waals surface area contributed by atoms with Crippen LogP contribution in [0.3, 0.4) is 0 Å². The predicted octanol–water partition coefficient (Wildman–Crippen LogP) is 1.73. The first-order valence-corrected chi connectivity index (χ1v) is 6.68. The molecule has 1 unspecified atom stereocenters. The number of hydrogen-bond donors (Lipinski definition) is 2. The summed E-state index contributed by atoms with van der Waals surface area (Å²) < 4.78 is 5.09. The molecular weight excluding hydrogens is 240 g/mol. The van der Waals surface area contributed by atoms with Crippen molar-refractivity contribution in [2.75, 3.05) is 13.7 Å². The Morgan fingerprint density at radius 1 is 1.32 bits per heavy atom. The number of rotatable bonds is 7. The first-order chi connectivity index (χ1) is 9.02. The van der Waals surface area contributed by atoms with Gasteiger partial charge >= 0.3 is 0 Å². The van der Waals surface area contributed by atoms with Gasteiger partial charge in [0, 0.05) is 19.0 Å². The molecule has 0 bridgehead atoms. The van der Waals surface area contributed by atoms with Crippen molar-refractivity contribution in [3.05, 3.63) is 29.8 Å². The maximum atomic E-state index is 11.6. The minimum Gasteiger partial charge on any atom is -0.497 e. The molecule has 0 aromatic heterocycles. The third-order valence-electron chi connectivity index (χ3n) is 3.17. The van der Waals surface area contributed by atoms with E-state index in [1.807, 2.05) is 38.1 Å². The second-order valence-corrected chi connectivity index (χ2v) is 5.06. The van der Waals surface area contributed by atoms with Gasteiger partial charge in [-0.15, -0.1) is 0 Å². The third-order valence-corrected chi connectivity index (χ3v) is 3.17. The summed E-state index contributed by atoms with van der Waals surface area (Å²) in [6, 6.07) is 7.79. The molecule has 0 heterocycles. The van der Waals surface area contributed by atoms with Crippen LogP contribution in [0.15, 0.2) is 24.3 Å². The number of carbonyl (C=O) groups excluding carboxylic acids is 1. The van der Waals surface area contributed by atoms with Crippen molar-refractivity contribution in [2.24, 2.45) is 11.7 Å². The minimum absolute atomic E-state index is 0.0229. The Morgan fingerprint density at radius 3 is 2.47 bits per heavy atom. The highest BCUT2D eigenvalue weighted by atomic mass is 16.5. The van der Waals surface area contributed by atoms with E-state index in [2.05, 4.69) is 5.32 Å². The molecule has 0 aliphatic rings. The maximum absolute atomic E-state index is 11.6. The molecule has 0 saturated heterocycles. The number of methoxy groups -OCH3 is 1. The lowest BCUT2D eigenvalue weighted by Crippen LogP contribution is -2.35. The van der Waals surface area contributed by atoms with Gasteiger partial charge in [-0.2, -0.15) is 0 Å². The van der Waals surface area contributed by atoms with Crippen molar-refractivity contribution in [3.8, 4) is 5.75 Å². The van der Waals surface area contributed by atoms with Crippen molar-refractivity contribution < 1.29 is 9.53 Å². The van der Waals surface area contributed by atoms with Gasteiger partial charge in [0.15, 0.2) is 0 Å². The molecule has 0 radical (unpaired) electrons. The molecule has 4 nitrogen and oxygen atoms in total. The van der Waals surface area contributed by atoms with Crippen LogP contribution in [-0.2, 0) is 11.2 Å². The zero-order chi connectivity index (χ0) is 14.3. The van der Waals surface area contributed by atoms with E-state index in [1.165, 1.54) is 5.56 Å². The summed E-state index contributed by atoms with van der Waals surface area (Å²) in [4.78, 5) is 11.6. The Kier molecular flexibility index (Phi) is 6.36. The molecule has 3 N–H and O–H groups in total. The normalized spacial score (nSPS) is 12.3. The van der Waals surface area contributed by atoms with Gasteiger partial charge < -0.3 is 15.8 Å². The average molecular weight is 264 g/mol. The third kappa shape index (κ3) is 5.75. The van der Waals surface area contributed by atoms with Crippen LogP contribution in [0.25, 0.3) is 0 Å².